The Hall–Kier alpha value is -2.89. The predicted molar refractivity (Wildman–Crippen MR) is 87.8 cm³/mol. The summed E-state index contributed by atoms with van der Waals surface area (Å²) in [7, 11) is 0. The predicted octanol–water partition coefficient (Wildman–Crippen LogP) is 3.48. The molecule has 1 amide bonds. The van der Waals surface area contributed by atoms with E-state index in [2.05, 4.69) is 5.32 Å². The van der Waals surface area contributed by atoms with E-state index in [0.29, 0.717) is 17.0 Å². The van der Waals surface area contributed by atoms with Crippen LogP contribution in [0.3, 0.4) is 0 Å². The molecule has 2 aromatic carbocycles. The van der Waals surface area contributed by atoms with Crippen molar-refractivity contribution in [1.29, 1.82) is 0 Å². The number of hydrogen-bond acceptors (Lipinski definition) is 4. The van der Waals surface area contributed by atoms with Gasteiger partial charge in [-0.15, -0.1) is 0 Å². The molecule has 0 aliphatic heterocycles. The van der Waals surface area contributed by atoms with Crippen molar-refractivity contribution in [1.82, 2.24) is 0 Å². The molecule has 0 unspecified atom stereocenters. The molecule has 2 rings (SSSR count). The fourth-order valence-electron chi connectivity index (χ4n) is 2.09. The lowest BCUT2D eigenvalue weighted by molar-refractivity contribution is -0.384. The molecule has 0 fully saturated rings. The van der Waals surface area contributed by atoms with Gasteiger partial charge < -0.3 is 10.1 Å². The molecule has 0 heterocycles. The number of nitro benzene ring substituents is 1. The van der Waals surface area contributed by atoms with Gasteiger partial charge >= 0.3 is 0 Å². The number of ether oxygens (including phenoxy) is 1. The van der Waals surface area contributed by atoms with Gasteiger partial charge in [-0.25, -0.2) is 0 Å². The lowest BCUT2D eigenvalue weighted by atomic mass is 10.2. The molecule has 1 N–H and O–H groups in total. The smallest absolute Gasteiger partial charge is 0.269 e. The standard InChI is InChI=1S/C17H18N2O4/c1-3-13-5-4-6-15(10-13)23-11-17(20)18-16-8-7-14(19(21)22)9-12(16)2/h4-10H,3,11H2,1-2H3,(H,18,20). The van der Waals surface area contributed by atoms with Gasteiger partial charge in [0.05, 0.1) is 4.92 Å². The molecule has 6 nitrogen and oxygen atoms in total. The van der Waals surface area contributed by atoms with Gasteiger partial charge in [-0.3, -0.25) is 14.9 Å². The van der Waals surface area contributed by atoms with Crippen molar-refractivity contribution in [3.05, 3.63) is 63.7 Å². The van der Waals surface area contributed by atoms with E-state index < -0.39 is 4.92 Å². The second-order valence-corrected chi connectivity index (χ2v) is 5.09. The number of aryl methyl sites for hydroxylation is 2. The van der Waals surface area contributed by atoms with Crippen LogP contribution in [-0.4, -0.2) is 17.4 Å². The van der Waals surface area contributed by atoms with Crippen molar-refractivity contribution >= 4 is 17.3 Å². The number of benzene rings is 2. The fourth-order valence-corrected chi connectivity index (χ4v) is 2.09. The van der Waals surface area contributed by atoms with Crippen molar-refractivity contribution in [2.45, 2.75) is 20.3 Å². The van der Waals surface area contributed by atoms with Crippen LogP contribution in [0.25, 0.3) is 0 Å². The summed E-state index contributed by atoms with van der Waals surface area (Å²) in [4.78, 5) is 22.2. The molecule has 0 aliphatic rings. The maximum atomic E-state index is 11.9. The summed E-state index contributed by atoms with van der Waals surface area (Å²) in [5, 5.41) is 13.4. The van der Waals surface area contributed by atoms with E-state index >= 15 is 0 Å². The van der Waals surface area contributed by atoms with Crippen LogP contribution in [0.4, 0.5) is 11.4 Å². The zero-order valence-electron chi connectivity index (χ0n) is 13.0. The number of nitrogens with one attached hydrogen (secondary N) is 1. The Bertz CT molecular complexity index is 728. The van der Waals surface area contributed by atoms with E-state index in [1.54, 1.807) is 13.0 Å². The van der Waals surface area contributed by atoms with Crippen molar-refractivity contribution in [3.8, 4) is 5.75 Å². The quantitative estimate of drug-likeness (QED) is 0.653. The van der Waals surface area contributed by atoms with E-state index in [1.807, 2.05) is 25.1 Å². The normalized spacial score (nSPS) is 10.2. The van der Waals surface area contributed by atoms with Crippen LogP contribution in [0, 0.1) is 17.0 Å². The second kappa shape index (κ2) is 7.40. The van der Waals surface area contributed by atoms with E-state index in [4.69, 9.17) is 4.74 Å². The summed E-state index contributed by atoms with van der Waals surface area (Å²) in [6.07, 6.45) is 0.894. The van der Waals surface area contributed by atoms with Gasteiger partial charge in [0.25, 0.3) is 11.6 Å². The molecule has 0 saturated carbocycles. The number of carbonyl (C=O) groups excluding carboxylic acids is 1. The molecular weight excluding hydrogens is 296 g/mol. The molecule has 0 atom stereocenters. The highest BCUT2D eigenvalue weighted by molar-refractivity contribution is 5.92. The molecule has 0 spiro atoms. The second-order valence-electron chi connectivity index (χ2n) is 5.09. The summed E-state index contributed by atoms with van der Waals surface area (Å²) in [6.45, 7) is 3.63. The number of rotatable bonds is 6. The minimum Gasteiger partial charge on any atom is -0.484 e. The van der Waals surface area contributed by atoms with Crippen molar-refractivity contribution in [3.63, 3.8) is 0 Å². The van der Waals surface area contributed by atoms with Crippen LogP contribution in [0.2, 0.25) is 0 Å². The zero-order valence-corrected chi connectivity index (χ0v) is 13.0. The van der Waals surface area contributed by atoms with Crippen molar-refractivity contribution in [2.24, 2.45) is 0 Å². The molecule has 0 radical (unpaired) electrons. The highest BCUT2D eigenvalue weighted by Crippen LogP contribution is 2.21. The lowest BCUT2D eigenvalue weighted by Gasteiger charge is -2.10. The molecule has 0 saturated heterocycles. The first-order valence-electron chi connectivity index (χ1n) is 7.26. The van der Waals surface area contributed by atoms with E-state index in [1.165, 1.54) is 18.2 Å². The first kappa shape index (κ1) is 16.5. The maximum absolute atomic E-state index is 11.9. The minimum absolute atomic E-state index is 0.00636. The number of nitro groups is 1. The molecule has 0 aliphatic carbocycles. The number of nitrogens with zero attached hydrogens (tertiary/aromatic N) is 1. The van der Waals surface area contributed by atoms with Gasteiger partial charge in [-0.05, 0) is 42.7 Å². The molecule has 0 aromatic heterocycles. The topological polar surface area (TPSA) is 81.5 Å². The van der Waals surface area contributed by atoms with Gasteiger partial charge in [0, 0.05) is 17.8 Å². The summed E-state index contributed by atoms with van der Waals surface area (Å²) in [6, 6.07) is 11.9. The monoisotopic (exact) mass is 314 g/mol. The molecule has 6 heteroatoms. The third-order valence-corrected chi connectivity index (χ3v) is 3.37. The molecule has 120 valence electrons. The van der Waals surface area contributed by atoms with Crippen LogP contribution in [0.15, 0.2) is 42.5 Å². The lowest BCUT2D eigenvalue weighted by Crippen LogP contribution is -2.20. The summed E-state index contributed by atoms with van der Waals surface area (Å²) in [5.41, 5.74) is 2.29. The highest BCUT2D eigenvalue weighted by atomic mass is 16.6. The average molecular weight is 314 g/mol. The van der Waals surface area contributed by atoms with Gasteiger partial charge in [-0.2, -0.15) is 0 Å². The largest absolute Gasteiger partial charge is 0.484 e. The summed E-state index contributed by atoms with van der Waals surface area (Å²) >= 11 is 0. The van der Waals surface area contributed by atoms with Crippen LogP contribution in [0.5, 0.6) is 5.75 Å². The van der Waals surface area contributed by atoms with Crippen molar-refractivity contribution < 1.29 is 14.5 Å². The Kier molecular flexibility index (Phi) is 5.30. The minimum atomic E-state index is -0.470. The SMILES string of the molecule is CCc1cccc(OCC(=O)Nc2ccc([N+](=O)[O-])cc2C)c1. The maximum Gasteiger partial charge on any atom is 0.269 e. The molecule has 0 bridgehead atoms. The molecule has 2 aromatic rings. The first-order valence-corrected chi connectivity index (χ1v) is 7.26. The summed E-state index contributed by atoms with van der Waals surface area (Å²) < 4.78 is 5.46. The number of non-ortho nitro benzene ring substituents is 1. The van der Waals surface area contributed by atoms with Gasteiger partial charge in [0.2, 0.25) is 0 Å². The molecule has 23 heavy (non-hydrogen) atoms. The molecular formula is C17H18N2O4. The van der Waals surface area contributed by atoms with E-state index in [9.17, 15) is 14.9 Å². The van der Waals surface area contributed by atoms with Crippen LogP contribution < -0.4 is 10.1 Å². The Balaban J connectivity index is 1.95. The van der Waals surface area contributed by atoms with E-state index in [0.717, 1.165) is 12.0 Å². The van der Waals surface area contributed by atoms with Gasteiger partial charge in [-0.1, -0.05) is 19.1 Å². The number of amides is 1. The number of anilines is 1. The third-order valence-electron chi connectivity index (χ3n) is 3.37. The fraction of sp³-hybridized carbons (Fsp3) is 0.235. The Morgan fingerprint density at radius 1 is 1.26 bits per heavy atom. The Morgan fingerprint density at radius 2 is 2.04 bits per heavy atom. The van der Waals surface area contributed by atoms with E-state index in [-0.39, 0.29) is 18.2 Å². The van der Waals surface area contributed by atoms with Crippen molar-refractivity contribution in [2.75, 3.05) is 11.9 Å². The van der Waals surface area contributed by atoms with Gasteiger partial charge in [0.1, 0.15) is 5.75 Å². The van der Waals surface area contributed by atoms with Crippen LogP contribution in [-0.2, 0) is 11.2 Å². The van der Waals surface area contributed by atoms with Crippen LogP contribution in [0.1, 0.15) is 18.1 Å². The Morgan fingerprint density at radius 3 is 2.70 bits per heavy atom. The van der Waals surface area contributed by atoms with Crippen LogP contribution >= 0.6 is 0 Å². The third kappa shape index (κ3) is 4.54. The Labute approximate surface area is 134 Å². The summed E-state index contributed by atoms with van der Waals surface area (Å²) in [5.74, 6) is 0.323. The number of hydrogen-bond donors (Lipinski definition) is 1. The number of carbonyl (C=O) groups is 1. The zero-order chi connectivity index (χ0) is 16.8. The van der Waals surface area contributed by atoms with Gasteiger partial charge in [0.15, 0.2) is 6.61 Å². The highest BCUT2D eigenvalue weighted by Gasteiger charge is 2.10. The average Bonchev–Trinajstić information content (AvgIpc) is 2.55. The first-order chi connectivity index (χ1) is 11.0.